The maximum Gasteiger partial charge on any atom is 0.335 e. The minimum Gasteiger partial charge on any atom is -0.478 e. The summed E-state index contributed by atoms with van der Waals surface area (Å²) in [6, 6.07) is 11.0. The van der Waals surface area contributed by atoms with Gasteiger partial charge in [-0.2, -0.15) is 11.8 Å². The third kappa shape index (κ3) is 3.91. The van der Waals surface area contributed by atoms with E-state index in [1.165, 1.54) is 0 Å². The van der Waals surface area contributed by atoms with Crippen LogP contribution in [0.4, 0.5) is 0 Å². The summed E-state index contributed by atoms with van der Waals surface area (Å²) in [5.74, 6) is 1.30. The van der Waals surface area contributed by atoms with Crippen molar-refractivity contribution in [2.45, 2.75) is 19.1 Å². The van der Waals surface area contributed by atoms with Crippen LogP contribution in [-0.4, -0.2) is 26.9 Å². The van der Waals surface area contributed by atoms with Crippen LogP contribution in [0.1, 0.15) is 28.4 Å². The van der Waals surface area contributed by atoms with E-state index in [-0.39, 0.29) is 0 Å². The molecule has 134 valence electrons. The van der Waals surface area contributed by atoms with Gasteiger partial charge >= 0.3 is 5.97 Å². The number of carbonyl (C=O) groups is 1. The second kappa shape index (κ2) is 8.10. The molecule has 0 spiro atoms. The molecule has 6 heteroatoms. The standard InChI is InChI=1S/C20H20N2O3S/c1-3-14-10-16(4-6-18(14)20(23)24)25-17-5-7-19(15(11-17)12-26-2)22-9-8-21-13-22/h4-11,13H,3,12H2,1-2H3,(H,23,24). The summed E-state index contributed by atoms with van der Waals surface area (Å²) in [4.78, 5) is 15.4. The Morgan fingerprint density at radius 1 is 1.19 bits per heavy atom. The minimum absolute atomic E-state index is 0.318. The highest BCUT2D eigenvalue weighted by Crippen LogP contribution is 2.29. The number of thioether (sulfide) groups is 1. The van der Waals surface area contributed by atoms with Crippen molar-refractivity contribution >= 4 is 17.7 Å². The van der Waals surface area contributed by atoms with E-state index in [2.05, 4.69) is 11.2 Å². The SMILES string of the molecule is CCc1cc(Oc2ccc(-n3ccnc3)c(CSC)c2)ccc1C(=O)O. The molecular weight excluding hydrogens is 348 g/mol. The highest BCUT2D eigenvalue weighted by Gasteiger charge is 2.11. The Kier molecular flexibility index (Phi) is 5.63. The quantitative estimate of drug-likeness (QED) is 0.650. The zero-order valence-electron chi connectivity index (χ0n) is 14.7. The molecule has 0 amide bonds. The molecule has 1 N–H and O–H groups in total. The van der Waals surface area contributed by atoms with Gasteiger partial charge in [0, 0.05) is 18.1 Å². The summed E-state index contributed by atoms with van der Waals surface area (Å²) in [7, 11) is 0. The van der Waals surface area contributed by atoms with Gasteiger partial charge in [-0.3, -0.25) is 0 Å². The topological polar surface area (TPSA) is 64.4 Å². The fourth-order valence-corrected chi connectivity index (χ4v) is 3.36. The molecule has 0 saturated carbocycles. The number of carboxylic acids is 1. The van der Waals surface area contributed by atoms with Crippen molar-refractivity contribution in [3.63, 3.8) is 0 Å². The summed E-state index contributed by atoms with van der Waals surface area (Å²) in [5.41, 5.74) is 3.29. The van der Waals surface area contributed by atoms with Crippen LogP contribution in [0.3, 0.4) is 0 Å². The molecule has 3 rings (SSSR count). The number of ether oxygens (including phenoxy) is 1. The molecule has 0 aliphatic rings. The first kappa shape index (κ1) is 18.1. The van der Waals surface area contributed by atoms with Crippen LogP contribution < -0.4 is 4.74 Å². The number of rotatable bonds is 7. The van der Waals surface area contributed by atoms with Crippen molar-refractivity contribution in [2.75, 3.05) is 6.26 Å². The Labute approximate surface area is 156 Å². The molecule has 2 aromatic carbocycles. The number of aromatic nitrogens is 2. The largest absolute Gasteiger partial charge is 0.478 e. The van der Waals surface area contributed by atoms with Gasteiger partial charge in [-0.1, -0.05) is 6.92 Å². The summed E-state index contributed by atoms with van der Waals surface area (Å²) >= 11 is 1.74. The van der Waals surface area contributed by atoms with Gasteiger partial charge in [0.05, 0.1) is 17.6 Å². The molecule has 3 aromatic rings. The summed E-state index contributed by atoms with van der Waals surface area (Å²) in [6.07, 6.45) is 8.14. The molecular formula is C20H20N2O3S. The van der Waals surface area contributed by atoms with E-state index < -0.39 is 5.97 Å². The van der Waals surface area contributed by atoms with Crippen molar-refractivity contribution in [2.24, 2.45) is 0 Å². The highest BCUT2D eigenvalue weighted by molar-refractivity contribution is 7.97. The molecule has 1 aromatic heterocycles. The van der Waals surface area contributed by atoms with Crippen LogP contribution in [-0.2, 0) is 12.2 Å². The van der Waals surface area contributed by atoms with Crippen molar-refractivity contribution in [3.05, 3.63) is 71.8 Å². The maximum absolute atomic E-state index is 11.3. The lowest BCUT2D eigenvalue weighted by Gasteiger charge is -2.13. The molecule has 5 nitrogen and oxygen atoms in total. The molecule has 0 radical (unpaired) electrons. The normalized spacial score (nSPS) is 10.7. The Bertz CT molecular complexity index is 907. The lowest BCUT2D eigenvalue weighted by Crippen LogP contribution is -2.02. The number of nitrogens with zero attached hydrogens (tertiary/aromatic N) is 2. The van der Waals surface area contributed by atoms with Crippen LogP contribution in [0.25, 0.3) is 5.69 Å². The summed E-state index contributed by atoms with van der Waals surface area (Å²) in [5, 5.41) is 9.24. The number of benzene rings is 2. The predicted octanol–water partition coefficient (Wildman–Crippen LogP) is 4.79. The zero-order valence-corrected chi connectivity index (χ0v) is 15.5. The summed E-state index contributed by atoms with van der Waals surface area (Å²) in [6.45, 7) is 1.93. The molecule has 0 bridgehead atoms. The monoisotopic (exact) mass is 368 g/mol. The molecule has 1 heterocycles. The molecule has 0 fully saturated rings. The van der Waals surface area contributed by atoms with Crippen molar-refractivity contribution in [1.29, 1.82) is 0 Å². The first-order chi connectivity index (χ1) is 12.6. The number of hydrogen-bond acceptors (Lipinski definition) is 4. The van der Waals surface area contributed by atoms with Gasteiger partial charge in [-0.25, -0.2) is 9.78 Å². The van der Waals surface area contributed by atoms with Crippen molar-refractivity contribution < 1.29 is 14.6 Å². The van der Waals surface area contributed by atoms with Crippen LogP contribution in [0.5, 0.6) is 11.5 Å². The average molecular weight is 368 g/mol. The fraction of sp³-hybridized carbons (Fsp3) is 0.200. The van der Waals surface area contributed by atoms with Gasteiger partial charge in [0.1, 0.15) is 11.5 Å². The molecule has 0 aliphatic carbocycles. The van der Waals surface area contributed by atoms with E-state index in [0.29, 0.717) is 17.7 Å². The minimum atomic E-state index is -0.916. The average Bonchev–Trinajstić information content (AvgIpc) is 3.16. The molecule has 26 heavy (non-hydrogen) atoms. The highest BCUT2D eigenvalue weighted by atomic mass is 32.2. The Morgan fingerprint density at radius 2 is 1.92 bits per heavy atom. The molecule has 0 saturated heterocycles. The van der Waals surface area contributed by atoms with Gasteiger partial charge in [-0.05, 0) is 60.2 Å². The predicted molar refractivity (Wildman–Crippen MR) is 104 cm³/mol. The summed E-state index contributed by atoms with van der Waals surface area (Å²) < 4.78 is 7.97. The smallest absolute Gasteiger partial charge is 0.335 e. The fourth-order valence-electron chi connectivity index (χ4n) is 2.82. The van der Waals surface area contributed by atoms with Crippen LogP contribution >= 0.6 is 11.8 Å². The Morgan fingerprint density at radius 3 is 2.54 bits per heavy atom. The lowest BCUT2D eigenvalue weighted by atomic mass is 10.1. The first-order valence-corrected chi connectivity index (χ1v) is 9.66. The molecule has 0 unspecified atom stereocenters. The molecule has 0 aliphatic heterocycles. The van der Waals surface area contributed by atoms with E-state index in [4.69, 9.17) is 4.74 Å². The van der Waals surface area contributed by atoms with Gasteiger partial charge in [0.2, 0.25) is 0 Å². The van der Waals surface area contributed by atoms with Crippen molar-refractivity contribution in [3.8, 4) is 17.2 Å². The second-order valence-electron chi connectivity index (χ2n) is 5.77. The third-order valence-corrected chi connectivity index (χ3v) is 4.66. The number of aromatic carboxylic acids is 1. The van der Waals surface area contributed by atoms with E-state index in [1.54, 1.807) is 42.5 Å². The number of carboxylic acid groups (broad SMARTS) is 1. The van der Waals surface area contributed by atoms with E-state index in [0.717, 1.165) is 28.3 Å². The first-order valence-electron chi connectivity index (χ1n) is 8.26. The van der Waals surface area contributed by atoms with E-state index >= 15 is 0 Å². The van der Waals surface area contributed by atoms with Gasteiger partial charge in [0.15, 0.2) is 0 Å². The number of aryl methyl sites for hydroxylation is 1. The van der Waals surface area contributed by atoms with Crippen LogP contribution in [0.15, 0.2) is 55.1 Å². The van der Waals surface area contributed by atoms with Crippen LogP contribution in [0, 0.1) is 0 Å². The zero-order chi connectivity index (χ0) is 18.5. The lowest BCUT2D eigenvalue weighted by molar-refractivity contribution is 0.0695. The van der Waals surface area contributed by atoms with Gasteiger partial charge in [0.25, 0.3) is 0 Å². The number of imidazole rings is 1. The van der Waals surface area contributed by atoms with Crippen molar-refractivity contribution in [1.82, 2.24) is 9.55 Å². The second-order valence-corrected chi connectivity index (χ2v) is 6.64. The Hall–Kier alpha value is -2.73. The van der Waals surface area contributed by atoms with Crippen LogP contribution in [0.2, 0.25) is 0 Å². The number of hydrogen-bond donors (Lipinski definition) is 1. The third-order valence-electron chi connectivity index (χ3n) is 4.06. The Balaban J connectivity index is 1.90. The van der Waals surface area contributed by atoms with E-state index in [9.17, 15) is 9.90 Å². The van der Waals surface area contributed by atoms with E-state index in [1.807, 2.05) is 35.9 Å². The maximum atomic E-state index is 11.3. The van der Waals surface area contributed by atoms with Gasteiger partial charge in [-0.15, -0.1) is 0 Å². The van der Waals surface area contributed by atoms with Gasteiger partial charge < -0.3 is 14.4 Å². The molecule has 0 atom stereocenters.